The highest BCUT2D eigenvalue weighted by molar-refractivity contribution is 5.90. The highest BCUT2D eigenvalue weighted by Crippen LogP contribution is 2.23. The Morgan fingerprint density at radius 2 is 2.07 bits per heavy atom. The van der Waals surface area contributed by atoms with Crippen molar-refractivity contribution in [2.45, 2.75) is 13.0 Å². The number of aromatic nitrogens is 2. The summed E-state index contributed by atoms with van der Waals surface area (Å²) in [5.74, 6) is -1.90. The highest BCUT2D eigenvalue weighted by Gasteiger charge is 2.22. The van der Waals surface area contributed by atoms with E-state index >= 15 is 0 Å². The summed E-state index contributed by atoms with van der Waals surface area (Å²) < 4.78 is 23.7. The lowest BCUT2D eigenvalue weighted by Gasteiger charge is -2.14. The molecule has 2 aromatic carbocycles. The first kappa shape index (κ1) is 18.9. The van der Waals surface area contributed by atoms with Gasteiger partial charge >= 0.3 is 5.97 Å². The molecule has 0 aliphatic carbocycles. The van der Waals surface area contributed by atoms with Gasteiger partial charge in [-0.15, -0.1) is 0 Å². The van der Waals surface area contributed by atoms with Crippen LogP contribution in [0.3, 0.4) is 0 Å². The number of carbonyl (C=O) groups is 1. The summed E-state index contributed by atoms with van der Waals surface area (Å²) in [5.41, 5.74) is 1.10. The molecule has 1 heterocycles. The van der Waals surface area contributed by atoms with Crippen molar-refractivity contribution in [2.75, 3.05) is 7.11 Å². The molecule has 142 valence electrons. The van der Waals surface area contributed by atoms with Gasteiger partial charge in [-0.05, 0) is 37.3 Å². The van der Waals surface area contributed by atoms with Crippen LogP contribution in [0.4, 0.5) is 4.39 Å². The fourth-order valence-electron chi connectivity index (χ4n) is 2.58. The van der Waals surface area contributed by atoms with Crippen LogP contribution in [0.1, 0.15) is 23.1 Å². The van der Waals surface area contributed by atoms with Crippen molar-refractivity contribution in [1.29, 1.82) is 5.26 Å². The standard InChI is InChI=1S/C20H16FN3O4/c1-11(28-20(26)12-7-8-17(27-2)14(21)9-12)18(25)13(10-22)19-23-15-5-3-4-6-16(15)24-19/h3-9,11,25H,1-2H3,(H,23,24)/b18-13-/t11-/m0/s1. The van der Waals surface area contributed by atoms with Crippen molar-refractivity contribution in [3.05, 3.63) is 65.4 Å². The maximum atomic E-state index is 13.8. The third kappa shape index (κ3) is 3.64. The molecule has 0 saturated carbocycles. The van der Waals surface area contributed by atoms with Crippen LogP contribution in [0.25, 0.3) is 16.6 Å². The first-order chi connectivity index (χ1) is 13.4. The Morgan fingerprint density at radius 3 is 2.71 bits per heavy atom. The number of H-pyrrole nitrogens is 1. The molecule has 28 heavy (non-hydrogen) atoms. The molecule has 0 amide bonds. The molecule has 0 spiro atoms. The molecular formula is C20H16FN3O4. The maximum Gasteiger partial charge on any atom is 0.338 e. The Morgan fingerprint density at radius 1 is 1.32 bits per heavy atom. The van der Waals surface area contributed by atoms with E-state index in [0.29, 0.717) is 11.0 Å². The average molecular weight is 381 g/mol. The Kier molecular flexibility index (Phi) is 5.27. The quantitative estimate of drug-likeness (QED) is 0.396. The molecular weight excluding hydrogens is 365 g/mol. The van der Waals surface area contributed by atoms with Gasteiger partial charge in [0.1, 0.15) is 11.6 Å². The summed E-state index contributed by atoms with van der Waals surface area (Å²) >= 11 is 0. The number of carbonyl (C=O) groups excluding carboxylic acids is 1. The van der Waals surface area contributed by atoms with Crippen LogP contribution in [-0.4, -0.2) is 34.3 Å². The van der Waals surface area contributed by atoms with Crippen molar-refractivity contribution >= 4 is 22.6 Å². The molecule has 1 aromatic heterocycles. The van der Waals surface area contributed by atoms with Crippen LogP contribution in [0.5, 0.6) is 5.75 Å². The molecule has 0 bridgehead atoms. The van der Waals surface area contributed by atoms with Crippen LogP contribution >= 0.6 is 0 Å². The number of benzene rings is 2. The molecule has 0 aliphatic heterocycles. The summed E-state index contributed by atoms with van der Waals surface area (Å²) in [6, 6.07) is 12.6. The number of fused-ring (bicyclic) bond motifs is 1. The minimum atomic E-state index is -1.15. The molecule has 2 N–H and O–H groups in total. The fraction of sp³-hybridized carbons (Fsp3) is 0.150. The number of rotatable bonds is 5. The lowest BCUT2D eigenvalue weighted by molar-refractivity contribution is 0.0333. The minimum Gasteiger partial charge on any atom is -0.507 e. The minimum absolute atomic E-state index is 0.0102. The van der Waals surface area contributed by atoms with Gasteiger partial charge in [0, 0.05) is 0 Å². The summed E-state index contributed by atoms with van der Waals surface area (Å²) in [5, 5.41) is 19.9. The number of hydrogen-bond donors (Lipinski definition) is 2. The van der Waals surface area contributed by atoms with E-state index in [0.717, 1.165) is 6.07 Å². The monoisotopic (exact) mass is 381 g/mol. The van der Waals surface area contributed by atoms with E-state index in [4.69, 9.17) is 9.47 Å². The zero-order chi connectivity index (χ0) is 20.3. The molecule has 0 fully saturated rings. The van der Waals surface area contributed by atoms with Crippen molar-refractivity contribution in [2.24, 2.45) is 0 Å². The van der Waals surface area contributed by atoms with Gasteiger partial charge in [-0.3, -0.25) is 0 Å². The number of halogens is 1. The number of imidazole rings is 1. The second kappa shape index (κ2) is 7.80. The van der Waals surface area contributed by atoms with E-state index in [-0.39, 0.29) is 22.7 Å². The van der Waals surface area contributed by atoms with E-state index in [9.17, 15) is 19.6 Å². The van der Waals surface area contributed by atoms with Gasteiger partial charge in [-0.25, -0.2) is 14.2 Å². The lowest BCUT2D eigenvalue weighted by atomic mass is 10.1. The molecule has 0 aliphatic rings. The number of nitriles is 1. The molecule has 0 unspecified atom stereocenters. The number of para-hydroxylation sites is 2. The number of nitrogens with one attached hydrogen (secondary N) is 1. The predicted molar refractivity (Wildman–Crippen MR) is 99.1 cm³/mol. The zero-order valence-corrected chi connectivity index (χ0v) is 15.1. The Hall–Kier alpha value is -3.86. The van der Waals surface area contributed by atoms with Gasteiger partial charge in [-0.1, -0.05) is 12.1 Å². The second-order valence-corrected chi connectivity index (χ2v) is 5.87. The van der Waals surface area contributed by atoms with Gasteiger partial charge in [0.2, 0.25) is 0 Å². The van der Waals surface area contributed by atoms with Crippen LogP contribution in [0.2, 0.25) is 0 Å². The van der Waals surface area contributed by atoms with E-state index in [1.165, 1.54) is 26.2 Å². The van der Waals surface area contributed by atoms with E-state index in [1.807, 2.05) is 6.07 Å². The molecule has 7 nitrogen and oxygen atoms in total. The average Bonchev–Trinajstić information content (AvgIpc) is 3.11. The number of aliphatic hydroxyl groups is 1. The van der Waals surface area contributed by atoms with Crippen LogP contribution in [-0.2, 0) is 4.74 Å². The first-order valence-corrected chi connectivity index (χ1v) is 8.27. The number of hydrogen-bond acceptors (Lipinski definition) is 6. The Balaban J connectivity index is 1.85. The number of allylic oxidation sites excluding steroid dienone is 1. The third-order valence-corrected chi connectivity index (χ3v) is 4.05. The molecule has 8 heteroatoms. The zero-order valence-electron chi connectivity index (χ0n) is 15.1. The smallest absolute Gasteiger partial charge is 0.338 e. The topological polar surface area (TPSA) is 108 Å². The summed E-state index contributed by atoms with van der Waals surface area (Å²) in [6.45, 7) is 1.40. The van der Waals surface area contributed by atoms with E-state index < -0.39 is 23.6 Å². The van der Waals surface area contributed by atoms with E-state index in [2.05, 4.69) is 9.97 Å². The SMILES string of the molecule is COc1ccc(C(=O)O[C@@H](C)/C(O)=C(\C#N)c2nc3ccccc3[nH]2)cc1F. The van der Waals surface area contributed by atoms with Gasteiger partial charge in [0.25, 0.3) is 0 Å². The second-order valence-electron chi connectivity index (χ2n) is 5.87. The fourth-order valence-corrected chi connectivity index (χ4v) is 2.58. The summed E-state index contributed by atoms with van der Waals surface area (Å²) in [7, 11) is 1.31. The number of nitrogens with zero attached hydrogens (tertiary/aromatic N) is 2. The van der Waals surface area contributed by atoms with Gasteiger partial charge in [0.05, 0.1) is 23.7 Å². The first-order valence-electron chi connectivity index (χ1n) is 8.27. The van der Waals surface area contributed by atoms with Crippen molar-refractivity contribution in [3.63, 3.8) is 0 Å². The van der Waals surface area contributed by atoms with Gasteiger partial charge in [0.15, 0.2) is 29.3 Å². The molecule has 0 radical (unpaired) electrons. The van der Waals surface area contributed by atoms with Crippen LogP contribution < -0.4 is 4.74 Å². The predicted octanol–water partition coefficient (Wildman–Crippen LogP) is 3.75. The van der Waals surface area contributed by atoms with E-state index in [1.54, 1.807) is 24.3 Å². The van der Waals surface area contributed by atoms with Gasteiger partial charge in [-0.2, -0.15) is 5.26 Å². The lowest BCUT2D eigenvalue weighted by Crippen LogP contribution is -2.18. The normalized spacial score (nSPS) is 12.8. The number of esters is 1. The van der Waals surface area contributed by atoms with Gasteiger partial charge < -0.3 is 19.6 Å². The van der Waals surface area contributed by atoms with Crippen molar-refractivity contribution in [1.82, 2.24) is 9.97 Å². The number of ether oxygens (including phenoxy) is 2. The van der Waals surface area contributed by atoms with Crippen molar-refractivity contribution < 1.29 is 23.8 Å². The van der Waals surface area contributed by atoms with Crippen molar-refractivity contribution in [3.8, 4) is 11.8 Å². The van der Waals surface area contributed by atoms with Crippen LogP contribution in [0.15, 0.2) is 48.2 Å². The molecule has 0 saturated heterocycles. The number of aliphatic hydroxyl groups excluding tert-OH is 1. The van der Waals surface area contributed by atoms with Crippen LogP contribution in [0, 0.1) is 17.1 Å². The summed E-state index contributed by atoms with van der Waals surface area (Å²) in [6.07, 6.45) is -1.15. The third-order valence-electron chi connectivity index (χ3n) is 4.05. The largest absolute Gasteiger partial charge is 0.507 e. The molecule has 3 rings (SSSR count). The maximum absolute atomic E-state index is 13.8. The number of methoxy groups -OCH3 is 1. The Labute approximate surface area is 159 Å². The number of aromatic amines is 1. The highest BCUT2D eigenvalue weighted by atomic mass is 19.1. The molecule has 3 aromatic rings. The molecule has 1 atom stereocenters. The summed E-state index contributed by atoms with van der Waals surface area (Å²) in [4.78, 5) is 19.4. The Bertz CT molecular complexity index is 1080.